The molecular formula is C24H28N6O2. The summed E-state index contributed by atoms with van der Waals surface area (Å²) in [6, 6.07) is 8.31. The van der Waals surface area contributed by atoms with Crippen LogP contribution in [-0.2, 0) is 9.57 Å². The van der Waals surface area contributed by atoms with Crippen molar-refractivity contribution in [3.8, 4) is 0 Å². The fourth-order valence-electron chi connectivity index (χ4n) is 4.61. The van der Waals surface area contributed by atoms with E-state index in [0.717, 1.165) is 61.0 Å². The molecule has 8 nitrogen and oxygen atoms in total. The van der Waals surface area contributed by atoms with Crippen molar-refractivity contribution in [2.45, 2.75) is 56.5 Å². The Balaban J connectivity index is 1.29. The van der Waals surface area contributed by atoms with Crippen molar-refractivity contribution >= 4 is 11.4 Å². The normalized spacial score (nSPS) is 27.7. The fraction of sp³-hybridized carbons (Fsp3) is 0.458. The lowest BCUT2D eigenvalue weighted by atomic mass is 10.1. The van der Waals surface area contributed by atoms with Crippen molar-refractivity contribution in [1.82, 2.24) is 20.0 Å². The number of ether oxygens (including phenoxy) is 1. The second-order valence-corrected chi connectivity index (χ2v) is 9.04. The first kappa shape index (κ1) is 19.8. The number of rotatable bonds is 6. The lowest BCUT2D eigenvalue weighted by Gasteiger charge is -2.31. The lowest BCUT2D eigenvalue weighted by molar-refractivity contribution is -0.177. The third kappa shape index (κ3) is 3.79. The number of nitrogens with two attached hydrogens (primary N) is 1. The third-order valence-corrected chi connectivity index (χ3v) is 6.58. The molecule has 2 unspecified atom stereocenters. The molecule has 2 N–H and O–H groups in total. The molecule has 166 valence electrons. The maximum atomic E-state index is 6.30. The number of morpholine rings is 1. The van der Waals surface area contributed by atoms with Crippen molar-refractivity contribution in [1.29, 1.82) is 0 Å². The molecule has 2 saturated heterocycles. The van der Waals surface area contributed by atoms with E-state index < -0.39 is 0 Å². The van der Waals surface area contributed by atoms with Gasteiger partial charge in [0.1, 0.15) is 23.9 Å². The predicted octanol–water partition coefficient (Wildman–Crippen LogP) is 2.92. The lowest BCUT2D eigenvalue weighted by Crippen LogP contribution is -2.39. The molecule has 3 fully saturated rings. The highest BCUT2D eigenvalue weighted by Gasteiger charge is 2.40. The molecule has 1 saturated carbocycles. The number of hydrogen-bond donors (Lipinski definition) is 1. The van der Waals surface area contributed by atoms with Crippen molar-refractivity contribution in [2.75, 3.05) is 18.1 Å². The first-order valence-corrected chi connectivity index (χ1v) is 11.4. The van der Waals surface area contributed by atoms with Crippen LogP contribution in [0.2, 0.25) is 0 Å². The molecule has 2 aromatic heterocycles. The highest BCUT2D eigenvalue weighted by Crippen LogP contribution is 2.40. The Morgan fingerprint density at radius 1 is 1.25 bits per heavy atom. The summed E-state index contributed by atoms with van der Waals surface area (Å²) in [6.45, 7) is 3.66. The minimum atomic E-state index is -0.374. The van der Waals surface area contributed by atoms with Gasteiger partial charge in [-0.25, -0.2) is 15.0 Å². The second kappa shape index (κ2) is 7.95. The molecule has 5 heterocycles. The van der Waals surface area contributed by atoms with Gasteiger partial charge in [0.05, 0.1) is 30.1 Å². The van der Waals surface area contributed by atoms with Gasteiger partial charge in [-0.05, 0) is 44.4 Å². The highest BCUT2D eigenvalue weighted by atomic mass is 16.7. The number of nitrogens with zero attached hydrogens (tertiary/aromatic N) is 5. The number of fused-ring (bicyclic) bond motifs is 2. The summed E-state index contributed by atoms with van der Waals surface area (Å²) in [5, 5.41) is 1.69. The summed E-state index contributed by atoms with van der Waals surface area (Å²) in [7, 11) is 0. The second-order valence-electron chi connectivity index (χ2n) is 9.04. The maximum Gasteiger partial charge on any atom is 0.134 e. The molecule has 0 amide bonds. The number of anilines is 1. The number of hydrogen-bond acceptors (Lipinski definition) is 8. The molecule has 0 spiro atoms. The summed E-state index contributed by atoms with van der Waals surface area (Å²) in [6.07, 6.45) is 10.8. The van der Waals surface area contributed by atoms with Crippen LogP contribution in [0.4, 0.5) is 5.82 Å². The predicted molar refractivity (Wildman–Crippen MR) is 120 cm³/mol. The minimum Gasteiger partial charge on any atom is -0.374 e. The van der Waals surface area contributed by atoms with E-state index in [0.29, 0.717) is 18.1 Å². The van der Waals surface area contributed by atoms with Crippen LogP contribution in [0.5, 0.6) is 0 Å². The summed E-state index contributed by atoms with van der Waals surface area (Å²) >= 11 is 0. The average molecular weight is 433 g/mol. The summed E-state index contributed by atoms with van der Waals surface area (Å²) < 4.78 is 5.79. The molecular weight excluding hydrogens is 404 g/mol. The Kier molecular flexibility index (Phi) is 4.93. The molecule has 6 rings (SSSR count). The average Bonchev–Trinajstić information content (AvgIpc) is 3.47. The Morgan fingerprint density at radius 2 is 2.16 bits per heavy atom. The number of aromatic nitrogens is 3. The van der Waals surface area contributed by atoms with Gasteiger partial charge >= 0.3 is 0 Å². The summed E-state index contributed by atoms with van der Waals surface area (Å²) in [4.78, 5) is 22.8. The zero-order valence-electron chi connectivity index (χ0n) is 18.2. The van der Waals surface area contributed by atoms with Crippen LogP contribution in [0.15, 0.2) is 48.8 Å². The molecule has 0 radical (unpaired) electrons. The third-order valence-electron chi connectivity index (χ3n) is 6.58. The largest absolute Gasteiger partial charge is 0.374 e. The first-order valence-electron chi connectivity index (χ1n) is 11.4. The van der Waals surface area contributed by atoms with Gasteiger partial charge < -0.3 is 15.4 Å². The Labute approximate surface area is 187 Å². The van der Waals surface area contributed by atoms with Crippen LogP contribution in [0.25, 0.3) is 5.57 Å². The van der Waals surface area contributed by atoms with E-state index in [9.17, 15) is 0 Å². The summed E-state index contributed by atoms with van der Waals surface area (Å²) in [5.74, 6) is 2.42. The van der Waals surface area contributed by atoms with Crippen LogP contribution < -0.4 is 10.6 Å². The standard InChI is InChI=1S/C24H28N6O2/c1-15(20-4-2-3-9-26-20)32-30-12-17(7-8-22(30)25)21-11-23(28-24(27-21)16-5-6-16)29-13-19-10-18(29)14-31-19/h2-4,7-9,11-12,15-16,18-19,22H,5-6,10,13-14,25H2,1H3/t15?,18-,19-,22?/m0/s1. The number of pyridine rings is 1. The molecule has 8 heteroatoms. The molecule has 2 bridgehead atoms. The SMILES string of the molecule is CC(ON1C=C(c2cc(N3C[C@@H]4C[C@H]3CO4)nc(C3CC3)n2)C=CC1N)c1ccccn1. The van der Waals surface area contributed by atoms with Crippen LogP contribution in [-0.4, -0.2) is 51.5 Å². The molecule has 3 aliphatic heterocycles. The Hall–Kier alpha value is -2.81. The molecule has 1 aliphatic carbocycles. The van der Waals surface area contributed by atoms with E-state index >= 15 is 0 Å². The van der Waals surface area contributed by atoms with Crippen molar-refractivity contribution in [2.24, 2.45) is 5.73 Å². The number of hydroxylamine groups is 2. The van der Waals surface area contributed by atoms with Crippen LogP contribution in [0.1, 0.15) is 55.4 Å². The highest BCUT2D eigenvalue weighted by molar-refractivity contribution is 5.74. The fourth-order valence-corrected chi connectivity index (χ4v) is 4.61. The minimum absolute atomic E-state index is 0.227. The van der Waals surface area contributed by atoms with Crippen LogP contribution in [0.3, 0.4) is 0 Å². The Morgan fingerprint density at radius 3 is 2.88 bits per heavy atom. The van der Waals surface area contributed by atoms with Gasteiger partial charge in [-0.15, -0.1) is 0 Å². The zero-order valence-corrected chi connectivity index (χ0v) is 18.2. The summed E-state index contributed by atoms with van der Waals surface area (Å²) in [5.41, 5.74) is 9.03. The maximum absolute atomic E-state index is 6.30. The van der Waals surface area contributed by atoms with Gasteiger partial charge in [0.2, 0.25) is 0 Å². The van der Waals surface area contributed by atoms with Gasteiger partial charge in [-0.3, -0.25) is 9.82 Å². The van der Waals surface area contributed by atoms with Gasteiger partial charge in [-0.1, -0.05) is 12.1 Å². The Bertz CT molecular complexity index is 1050. The van der Waals surface area contributed by atoms with Crippen molar-refractivity contribution in [3.05, 3.63) is 66.0 Å². The molecule has 32 heavy (non-hydrogen) atoms. The van der Waals surface area contributed by atoms with Crippen molar-refractivity contribution < 1.29 is 9.57 Å². The van der Waals surface area contributed by atoms with E-state index in [1.165, 1.54) is 0 Å². The van der Waals surface area contributed by atoms with Gasteiger partial charge in [0.25, 0.3) is 0 Å². The molecule has 4 aliphatic rings. The van der Waals surface area contributed by atoms with E-state index in [4.69, 9.17) is 25.3 Å². The van der Waals surface area contributed by atoms with E-state index in [2.05, 4.69) is 16.0 Å². The van der Waals surface area contributed by atoms with E-state index in [1.807, 2.05) is 43.5 Å². The van der Waals surface area contributed by atoms with Crippen LogP contribution in [0, 0.1) is 0 Å². The molecule has 2 aromatic rings. The van der Waals surface area contributed by atoms with E-state index in [-0.39, 0.29) is 12.3 Å². The van der Waals surface area contributed by atoms with Gasteiger partial charge in [0, 0.05) is 36.5 Å². The van der Waals surface area contributed by atoms with Gasteiger partial charge in [0.15, 0.2) is 0 Å². The van der Waals surface area contributed by atoms with Gasteiger partial charge in [-0.2, -0.15) is 0 Å². The zero-order chi connectivity index (χ0) is 21.7. The molecule has 4 atom stereocenters. The smallest absolute Gasteiger partial charge is 0.134 e. The monoisotopic (exact) mass is 432 g/mol. The first-order chi connectivity index (χ1) is 15.6. The van der Waals surface area contributed by atoms with E-state index in [1.54, 1.807) is 11.3 Å². The number of allylic oxidation sites excluding steroid dienone is 2. The molecule has 0 aromatic carbocycles. The van der Waals surface area contributed by atoms with Crippen LogP contribution >= 0.6 is 0 Å². The van der Waals surface area contributed by atoms with Crippen molar-refractivity contribution in [3.63, 3.8) is 0 Å². The topological polar surface area (TPSA) is 89.6 Å². The quantitative estimate of drug-likeness (QED) is 0.745.